The van der Waals surface area contributed by atoms with Crippen LogP contribution in [0.3, 0.4) is 0 Å². The summed E-state index contributed by atoms with van der Waals surface area (Å²) in [6.45, 7) is 0.0769. The molecule has 0 aromatic rings. The highest BCUT2D eigenvalue weighted by Gasteiger charge is 1.64. The zero-order valence-corrected chi connectivity index (χ0v) is 3.63. The van der Waals surface area contributed by atoms with Crippen LogP contribution in [0.2, 0.25) is 0 Å². The predicted molar refractivity (Wildman–Crippen MR) is 24.6 cm³/mol. The molecule has 0 aromatic heterocycles. The molecule has 0 amide bonds. The molecule has 0 saturated heterocycles. The first-order chi connectivity index (χ1) is 3.41. The molecule has 34 valence electrons. The first-order valence-electron chi connectivity index (χ1n) is 1.66. The number of aliphatic imine (C=N–C) groups is 1. The third-order valence-corrected chi connectivity index (χ3v) is 0.311. The van der Waals surface area contributed by atoms with Crippen molar-refractivity contribution in [2.45, 2.75) is 0 Å². The average Bonchev–Trinajstić information content (AvgIpc) is 1.69. The summed E-state index contributed by atoms with van der Waals surface area (Å²) in [5, 5.41) is 15.6. The minimum atomic E-state index is 0.0769. The summed E-state index contributed by atoms with van der Waals surface area (Å²) in [6.07, 6.45) is 1.04. The highest BCUT2D eigenvalue weighted by atomic mass is 14.7. The topological polar surface area (TPSA) is 59.9 Å². The largest absolute Gasteiger partial charge is 0.267 e. The van der Waals surface area contributed by atoms with Gasteiger partial charge in [0, 0.05) is 0 Å². The van der Waals surface area contributed by atoms with Gasteiger partial charge in [-0.25, -0.2) is 0 Å². The first kappa shape index (κ1) is 5.65. The van der Waals surface area contributed by atoms with Gasteiger partial charge in [0.15, 0.2) is 0 Å². The maximum atomic E-state index is 7.82. The van der Waals surface area contributed by atoms with Crippen molar-refractivity contribution in [1.82, 2.24) is 0 Å². The lowest BCUT2D eigenvalue weighted by Gasteiger charge is -1.64. The van der Waals surface area contributed by atoms with Crippen LogP contribution in [-0.2, 0) is 0 Å². The second-order valence-electron chi connectivity index (χ2n) is 0.757. The molecule has 0 aliphatic carbocycles. The van der Waals surface area contributed by atoms with Crippen molar-refractivity contribution >= 4 is 6.21 Å². The standard InChI is InChI=1S/C4H3N3/c5-1-3-7-4-2-6/h3H,4H2/b7-3+. The van der Waals surface area contributed by atoms with Crippen LogP contribution < -0.4 is 0 Å². The van der Waals surface area contributed by atoms with Crippen molar-refractivity contribution in [2.24, 2.45) is 4.99 Å². The van der Waals surface area contributed by atoms with Gasteiger partial charge in [-0.15, -0.1) is 0 Å². The highest BCUT2D eigenvalue weighted by molar-refractivity contribution is 5.74. The van der Waals surface area contributed by atoms with Gasteiger partial charge >= 0.3 is 0 Å². The maximum absolute atomic E-state index is 7.82. The molecule has 0 fully saturated rings. The predicted octanol–water partition coefficient (Wildman–Crippen LogP) is 0.104. The third-order valence-electron chi connectivity index (χ3n) is 0.311. The minimum absolute atomic E-state index is 0.0769. The molecular weight excluding hydrogens is 90.1 g/mol. The van der Waals surface area contributed by atoms with E-state index in [0.29, 0.717) is 0 Å². The van der Waals surface area contributed by atoms with Crippen LogP contribution in [0.15, 0.2) is 4.99 Å². The Balaban J connectivity index is 3.19. The molecule has 0 aliphatic rings. The van der Waals surface area contributed by atoms with E-state index in [4.69, 9.17) is 10.5 Å². The van der Waals surface area contributed by atoms with Crippen molar-refractivity contribution in [3.63, 3.8) is 0 Å². The number of hydrogen-bond donors (Lipinski definition) is 0. The van der Waals surface area contributed by atoms with E-state index < -0.39 is 0 Å². The fourth-order valence-corrected chi connectivity index (χ4v) is 0.127. The monoisotopic (exact) mass is 93.0 g/mol. The van der Waals surface area contributed by atoms with Crippen LogP contribution in [0, 0.1) is 22.7 Å². The lowest BCUT2D eigenvalue weighted by Crippen LogP contribution is -1.69. The Bertz CT molecular complexity index is 134. The van der Waals surface area contributed by atoms with Crippen molar-refractivity contribution < 1.29 is 0 Å². The van der Waals surface area contributed by atoms with E-state index in [-0.39, 0.29) is 6.54 Å². The van der Waals surface area contributed by atoms with Gasteiger partial charge in [-0.2, -0.15) is 10.5 Å². The van der Waals surface area contributed by atoms with Crippen LogP contribution >= 0.6 is 0 Å². The number of hydrogen-bond acceptors (Lipinski definition) is 3. The van der Waals surface area contributed by atoms with E-state index in [2.05, 4.69) is 4.99 Å². The molecule has 3 nitrogen and oxygen atoms in total. The Hall–Kier alpha value is -1.35. The molecule has 0 N–H and O–H groups in total. The van der Waals surface area contributed by atoms with Crippen LogP contribution in [0.5, 0.6) is 0 Å². The Labute approximate surface area is 41.5 Å². The number of nitrogens with zero attached hydrogens (tertiary/aromatic N) is 3. The van der Waals surface area contributed by atoms with Gasteiger partial charge in [0.05, 0.1) is 12.3 Å². The van der Waals surface area contributed by atoms with Crippen molar-refractivity contribution in [3.8, 4) is 12.1 Å². The van der Waals surface area contributed by atoms with Crippen LogP contribution in [0.1, 0.15) is 0 Å². The third kappa shape index (κ3) is 4.65. The molecule has 0 spiro atoms. The van der Waals surface area contributed by atoms with Crippen LogP contribution in [0.4, 0.5) is 0 Å². The van der Waals surface area contributed by atoms with Crippen LogP contribution in [0.25, 0.3) is 0 Å². The molecule has 3 heteroatoms. The van der Waals surface area contributed by atoms with E-state index in [9.17, 15) is 0 Å². The Morgan fingerprint density at radius 1 is 1.57 bits per heavy atom. The summed E-state index contributed by atoms with van der Waals surface area (Å²) in [7, 11) is 0. The Kier molecular flexibility index (Phi) is 3.75. The van der Waals surface area contributed by atoms with Gasteiger partial charge in [0.2, 0.25) is 0 Å². The maximum Gasteiger partial charge on any atom is 0.127 e. The van der Waals surface area contributed by atoms with Gasteiger partial charge in [-0.1, -0.05) is 0 Å². The molecule has 0 unspecified atom stereocenters. The summed E-state index contributed by atoms with van der Waals surface area (Å²) in [5.41, 5.74) is 0. The SMILES string of the molecule is N#C/C=N/CC#N. The lowest BCUT2D eigenvalue weighted by atomic mass is 10.7. The second-order valence-corrected chi connectivity index (χ2v) is 0.757. The quantitative estimate of drug-likeness (QED) is 0.341. The summed E-state index contributed by atoms with van der Waals surface area (Å²) in [6, 6.07) is 3.41. The van der Waals surface area contributed by atoms with E-state index in [1.807, 2.05) is 0 Å². The molecular formula is C4H3N3. The van der Waals surface area contributed by atoms with Gasteiger partial charge in [0.25, 0.3) is 0 Å². The number of rotatable bonds is 1. The van der Waals surface area contributed by atoms with E-state index in [1.54, 1.807) is 12.1 Å². The Morgan fingerprint density at radius 2 is 2.29 bits per heavy atom. The zero-order chi connectivity index (χ0) is 5.54. The first-order valence-corrected chi connectivity index (χ1v) is 1.66. The summed E-state index contributed by atoms with van der Waals surface area (Å²) in [4.78, 5) is 3.36. The summed E-state index contributed by atoms with van der Waals surface area (Å²) in [5.74, 6) is 0. The molecule has 7 heavy (non-hydrogen) atoms. The van der Waals surface area contributed by atoms with Gasteiger partial charge in [-0.05, 0) is 0 Å². The van der Waals surface area contributed by atoms with E-state index in [1.165, 1.54) is 0 Å². The Morgan fingerprint density at radius 3 is 2.71 bits per heavy atom. The zero-order valence-electron chi connectivity index (χ0n) is 3.63. The fraction of sp³-hybridized carbons (Fsp3) is 0.250. The smallest absolute Gasteiger partial charge is 0.127 e. The molecule has 0 aliphatic heterocycles. The summed E-state index contributed by atoms with van der Waals surface area (Å²) >= 11 is 0. The van der Waals surface area contributed by atoms with Crippen molar-refractivity contribution in [3.05, 3.63) is 0 Å². The molecule has 0 radical (unpaired) electrons. The minimum Gasteiger partial charge on any atom is -0.267 e. The van der Waals surface area contributed by atoms with Crippen LogP contribution in [-0.4, -0.2) is 12.8 Å². The molecule has 0 atom stereocenters. The van der Waals surface area contributed by atoms with Gasteiger partial charge < -0.3 is 0 Å². The molecule has 0 aromatic carbocycles. The van der Waals surface area contributed by atoms with Gasteiger partial charge in [0.1, 0.15) is 12.6 Å². The summed E-state index contributed by atoms with van der Waals surface area (Å²) < 4.78 is 0. The lowest BCUT2D eigenvalue weighted by molar-refractivity contribution is 1.25. The van der Waals surface area contributed by atoms with Gasteiger partial charge in [-0.3, -0.25) is 4.99 Å². The normalized spacial score (nSPS) is 7.71. The highest BCUT2D eigenvalue weighted by Crippen LogP contribution is 1.58. The number of nitriles is 2. The van der Waals surface area contributed by atoms with Crippen molar-refractivity contribution in [1.29, 1.82) is 10.5 Å². The van der Waals surface area contributed by atoms with E-state index in [0.717, 1.165) is 6.21 Å². The fourth-order valence-electron chi connectivity index (χ4n) is 0.127. The average molecular weight is 93.1 g/mol. The van der Waals surface area contributed by atoms with Crippen molar-refractivity contribution in [2.75, 3.05) is 6.54 Å². The molecule has 0 rings (SSSR count). The molecule has 0 saturated carbocycles. The molecule has 0 heterocycles. The second kappa shape index (κ2) is 4.65. The molecule has 0 bridgehead atoms. The van der Waals surface area contributed by atoms with E-state index >= 15 is 0 Å².